The van der Waals surface area contributed by atoms with Gasteiger partial charge in [-0.15, -0.1) is 0 Å². The van der Waals surface area contributed by atoms with Crippen LogP contribution in [0.2, 0.25) is 0 Å². The Bertz CT molecular complexity index is 507. The highest BCUT2D eigenvalue weighted by Gasteiger charge is 2.34. The van der Waals surface area contributed by atoms with E-state index in [9.17, 15) is 8.42 Å². The molecule has 1 aromatic rings. The third-order valence-electron chi connectivity index (χ3n) is 3.41. The lowest BCUT2D eigenvalue weighted by atomic mass is 10.2. The molecule has 0 unspecified atom stereocenters. The number of rotatable bonds is 4. The Morgan fingerprint density at radius 2 is 1.83 bits per heavy atom. The first-order valence-corrected chi connectivity index (χ1v) is 7.65. The van der Waals surface area contributed by atoms with Crippen LogP contribution >= 0.6 is 0 Å². The maximum atomic E-state index is 12.6. The van der Waals surface area contributed by atoms with Crippen LogP contribution in [-0.4, -0.2) is 26.0 Å². The third kappa shape index (κ3) is 2.43. The predicted molar refractivity (Wildman–Crippen MR) is 69.5 cm³/mol. The van der Waals surface area contributed by atoms with Crippen molar-refractivity contribution in [2.75, 3.05) is 7.11 Å². The molecule has 0 atom stereocenters. The van der Waals surface area contributed by atoms with E-state index in [1.807, 2.05) is 6.07 Å². The van der Waals surface area contributed by atoms with Gasteiger partial charge in [0.25, 0.3) is 10.0 Å². The Kier molecular flexibility index (Phi) is 4.04. The van der Waals surface area contributed by atoms with Crippen LogP contribution in [0, 0.1) is 6.92 Å². The van der Waals surface area contributed by atoms with E-state index in [-0.39, 0.29) is 6.04 Å². The van der Waals surface area contributed by atoms with Crippen molar-refractivity contribution in [3.8, 4) is 0 Å². The maximum absolute atomic E-state index is 12.6. The van der Waals surface area contributed by atoms with Gasteiger partial charge < -0.3 is 0 Å². The molecule has 1 aliphatic rings. The molecule has 1 fully saturated rings. The van der Waals surface area contributed by atoms with Crippen LogP contribution < -0.4 is 0 Å². The van der Waals surface area contributed by atoms with Crippen LogP contribution in [0.1, 0.15) is 31.2 Å². The summed E-state index contributed by atoms with van der Waals surface area (Å²) in [6, 6.07) is 6.98. The molecule has 18 heavy (non-hydrogen) atoms. The SMILES string of the molecule is CON(C1CCCC1)S(=O)(=O)c1ccccc1C. The molecule has 0 N–H and O–H groups in total. The highest BCUT2D eigenvalue weighted by Crippen LogP contribution is 2.29. The average Bonchev–Trinajstić information content (AvgIpc) is 2.83. The average molecular weight is 269 g/mol. The standard InChI is InChI=1S/C13H19NO3S/c1-11-7-3-6-10-13(11)18(15,16)14(17-2)12-8-4-5-9-12/h3,6-7,10,12H,4-5,8-9H2,1-2H3. The van der Waals surface area contributed by atoms with E-state index in [0.717, 1.165) is 31.2 Å². The van der Waals surface area contributed by atoms with Gasteiger partial charge in [0.05, 0.1) is 18.0 Å². The van der Waals surface area contributed by atoms with Crippen molar-refractivity contribution in [2.45, 2.75) is 43.5 Å². The topological polar surface area (TPSA) is 46.6 Å². The first kappa shape index (κ1) is 13.5. The molecule has 0 aromatic heterocycles. The van der Waals surface area contributed by atoms with Gasteiger partial charge in [0.2, 0.25) is 0 Å². The van der Waals surface area contributed by atoms with Gasteiger partial charge in [-0.05, 0) is 31.4 Å². The van der Waals surface area contributed by atoms with Gasteiger partial charge in [0.1, 0.15) is 0 Å². The molecule has 0 heterocycles. The minimum absolute atomic E-state index is 0.0281. The molecule has 0 amide bonds. The van der Waals surface area contributed by atoms with Gasteiger partial charge in [-0.25, -0.2) is 8.42 Å². The van der Waals surface area contributed by atoms with Gasteiger partial charge in [0.15, 0.2) is 0 Å². The molecule has 0 aliphatic heterocycles. The van der Waals surface area contributed by atoms with Crippen LogP contribution in [0.25, 0.3) is 0 Å². The fourth-order valence-electron chi connectivity index (χ4n) is 2.50. The molecular weight excluding hydrogens is 250 g/mol. The second-order valence-corrected chi connectivity index (χ2v) is 6.40. The number of sulfonamides is 1. The van der Waals surface area contributed by atoms with Crippen molar-refractivity contribution in [2.24, 2.45) is 0 Å². The van der Waals surface area contributed by atoms with Crippen LogP contribution in [0.5, 0.6) is 0 Å². The molecule has 1 aliphatic carbocycles. The normalized spacial score (nSPS) is 17.5. The molecule has 5 heteroatoms. The van der Waals surface area contributed by atoms with Crippen molar-refractivity contribution in [3.63, 3.8) is 0 Å². The second kappa shape index (κ2) is 5.38. The molecule has 4 nitrogen and oxygen atoms in total. The third-order valence-corrected chi connectivity index (χ3v) is 5.35. The molecule has 0 radical (unpaired) electrons. The lowest BCUT2D eigenvalue weighted by Gasteiger charge is -2.25. The van der Waals surface area contributed by atoms with Crippen molar-refractivity contribution in [3.05, 3.63) is 29.8 Å². The smallest absolute Gasteiger partial charge is 0.265 e. The van der Waals surface area contributed by atoms with Gasteiger partial charge in [-0.3, -0.25) is 4.84 Å². The van der Waals surface area contributed by atoms with Crippen molar-refractivity contribution >= 4 is 10.0 Å². The van der Waals surface area contributed by atoms with Gasteiger partial charge in [-0.1, -0.05) is 35.5 Å². The van der Waals surface area contributed by atoms with E-state index < -0.39 is 10.0 Å². The maximum Gasteiger partial charge on any atom is 0.265 e. The molecule has 1 aromatic carbocycles. The van der Waals surface area contributed by atoms with E-state index in [4.69, 9.17) is 4.84 Å². The molecule has 1 saturated carbocycles. The minimum Gasteiger partial charge on any atom is -0.287 e. The Hall–Kier alpha value is -0.910. The summed E-state index contributed by atoms with van der Waals surface area (Å²) in [5.74, 6) is 0. The zero-order valence-corrected chi connectivity index (χ0v) is 11.6. The summed E-state index contributed by atoms with van der Waals surface area (Å²) >= 11 is 0. The summed E-state index contributed by atoms with van der Waals surface area (Å²) in [6.45, 7) is 1.80. The van der Waals surface area contributed by atoms with Crippen LogP contribution in [-0.2, 0) is 14.9 Å². The number of hydrogen-bond donors (Lipinski definition) is 0. The zero-order chi connectivity index (χ0) is 13.2. The van der Waals surface area contributed by atoms with E-state index in [1.54, 1.807) is 25.1 Å². The van der Waals surface area contributed by atoms with Gasteiger partial charge in [0, 0.05) is 0 Å². The van der Waals surface area contributed by atoms with Gasteiger partial charge in [-0.2, -0.15) is 0 Å². The van der Waals surface area contributed by atoms with Crippen LogP contribution in [0.3, 0.4) is 0 Å². The molecule has 100 valence electrons. The Labute approximate surface area is 109 Å². The van der Waals surface area contributed by atoms with Crippen molar-refractivity contribution in [1.82, 2.24) is 4.47 Å². The second-order valence-electron chi connectivity index (χ2n) is 4.65. The number of hydrogen-bond acceptors (Lipinski definition) is 3. The highest BCUT2D eigenvalue weighted by atomic mass is 32.2. The Morgan fingerprint density at radius 1 is 1.22 bits per heavy atom. The zero-order valence-electron chi connectivity index (χ0n) is 10.8. The molecule has 2 rings (SSSR count). The van der Waals surface area contributed by atoms with E-state index in [2.05, 4.69) is 0 Å². The van der Waals surface area contributed by atoms with E-state index >= 15 is 0 Å². The first-order chi connectivity index (χ1) is 8.57. The number of hydroxylamine groups is 1. The molecular formula is C13H19NO3S. The summed E-state index contributed by atoms with van der Waals surface area (Å²) in [4.78, 5) is 5.49. The fraction of sp³-hybridized carbons (Fsp3) is 0.538. The summed E-state index contributed by atoms with van der Waals surface area (Å²) in [6.07, 6.45) is 3.87. The highest BCUT2D eigenvalue weighted by molar-refractivity contribution is 7.89. The Morgan fingerprint density at radius 3 is 2.39 bits per heavy atom. The fourth-order valence-corrected chi connectivity index (χ4v) is 4.22. The quantitative estimate of drug-likeness (QED) is 0.789. The van der Waals surface area contributed by atoms with Crippen molar-refractivity contribution in [1.29, 1.82) is 0 Å². The summed E-state index contributed by atoms with van der Waals surface area (Å²) in [5.41, 5.74) is 0.748. The summed E-state index contributed by atoms with van der Waals surface area (Å²) in [5, 5.41) is 0. The predicted octanol–water partition coefficient (Wildman–Crippen LogP) is 2.49. The first-order valence-electron chi connectivity index (χ1n) is 6.21. The molecule has 0 saturated heterocycles. The van der Waals surface area contributed by atoms with E-state index in [0.29, 0.717) is 4.90 Å². The van der Waals surface area contributed by atoms with Crippen LogP contribution in [0.4, 0.5) is 0 Å². The van der Waals surface area contributed by atoms with Gasteiger partial charge >= 0.3 is 0 Å². The number of aryl methyl sites for hydroxylation is 1. The molecule has 0 spiro atoms. The van der Waals surface area contributed by atoms with Crippen molar-refractivity contribution < 1.29 is 13.3 Å². The number of benzene rings is 1. The summed E-state index contributed by atoms with van der Waals surface area (Å²) < 4.78 is 26.3. The lowest BCUT2D eigenvalue weighted by Crippen LogP contribution is -2.38. The molecule has 0 bridgehead atoms. The van der Waals surface area contributed by atoms with Crippen LogP contribution in [0.15, 0.2) is 29.2 Å². The largest absolute Gasteiger partial charge is 0.287 e. The number of nitrogens with zero attached hydrogens (tertiary/aromatic N) is 1. The minimum atomic E-state index is -3.55. The lowest BCUT2D eigenvalue weighted by molar-refractivity contribution is -0.0787. The monoisotopic (exact) mass is 269 g/mol. The Balaban J connectivity index is 2.37. The summed E-state index contributed by atoms with van der Waals surface area (Å²) in [7, 11) is -2.13. The van der Waals surface area contributed by atoms with E-state index in [1.165, 1.54) is 11.6 Å².